The zero-order valence-electron chi connectivity index (χ0n) is 9.17. The van der Waals surface area contributed by atoms with E-state index in [1.807, 2.05) is 6.92 Å². The zero-order chi connectivity index (χ0) is 11.3. The van der Waals surface area contributed by atoms with Crippen LogP contribution < -0.4 is 0 Å². The lowest BCUT2D eigenvalue weighted by molar-refractivity contribution is -0.136. The summed E-state index contributed by atoms with van der Waals surface area (Å²) in [5, 5.41) is 9.06. The summed E-state index contributed by atoms with van der Waals surface area (Å²) in [5.41, 5.74) is 0.172. The standard InChI is InChI=1S/C12H15NO2/c1-8(10(14)15-3)12-5-9(12)4-11(2,6-12)7-13/h9H,1,4-6H2,2-3H3. The van der Waals surface area contributed by atoms with E-state index in [0.717, 1.165) is 19.3 Å². The summed E-state index contributed by atoms with van der Waals surface area (Å²) in [5.74, 6) is 0.147. The average molecular weight is 205 g/mol. The van der Waals surface area contributed by atoms with Crippen LogP contribution in [0.5, 0.6) is 0 Å². The molecule has 15 heavy (non-hydrogen) atoms. The van der Waals surface area contributed by atoms with Crippen molar-refractivity contribution in [2.75, 3.05) is 7.11 Å². The Labute approximate surface area is 89.7 Å². The predicted molar refractivity (Wildman–Crippen MR) is 54.7 cm³/mol. The smallest absolute Gasteiger partial charge is 0.333 e. The maximum absolute atomic E-state index is 11.4. The van der Waals surface area contributed by atoms with Crippen LogP contribution in [0.3, 0.4) is 0 Å². The normalized spacial score (nSPS) is 41.5. The topological polar surface area (TPSA) is 50.1 Å². The van der Waals surface area contributed by atoms with Gasteiger partial charge in [-0.2, -0.15) is 5.26 Å². The van der Waals surface area contributed by atoms with E-state index in [2.05, 4.69) is 12.6 Å². The number of esters is 1. The molecule has 80 valence electrons. The highest BCUT2D eigenvalue weighted by molar-refractivity contribution is 5.90. The van der Waals surface area contributed by atoms with Crippen molar-refractivity contribution < 1.29 is 9.53 Å². The SMILES string of the molecule is C=C(C(=O)OC)C12CC1CC(C)(C#N)C2. The van der Waals surface area contributed by atoms with Crippen molar-refractivity contribution in [3.05, 3.63) is 12.2 Å². The molecule has 0 aromatic rings. The van der Waals surface area contributed by atoms with Crippen molar-refractivity contribution in [3.8, 4) is 6.07 Å². The van der Waals surface area contributed by atoms with Gasteiger partial charge in [0.25, 0.3) is 0 Å². The molecule has 0 saturated heterocycles. The fourth-order valence-corrected chi connectivity index (χ4v) is 3.06. The van der Waals surface area contributed by atoms with Gasteiger partial charge in [-0.05, 0) is 32.1 Å². The van der Waals surface area contributed by atoms with Crippen LogP contribution in [0.25, 0.3) is 0 Å². The van der Waals surface area contributed by atoms with Gasteiger partial charge in [0.2, 0.25) is 0 Å². The maximum atomic E-state index is 11.4. The molecule has 2 fully saturated rings. The molecule has 0 bridgehead atoms. The second-order valence-corrected chi connectivity index (χ2v) is 5.08. The number of rotatable bonds is 2. The average Bonchev–Trinajstić information content (AvgIpc) is 2.81. The number of hydrogen-bond acceptors (Lipinski definition) is 3. The number of carbonyl (C=O) groups is 1. The van der Waals surface area contributed by atoms with E-state index < -0.39 is 0 Å². The van der Waals surface area contributed by atoms with Crippen LogP contribution >= 0.6 is 0 Å². The fraction of sp³-hybridized carbons (Fsp3) is 0.667. The van der Waals surface area contributed by atoms with E-state index >= 15 is 0 Å². The van der Waals surface area contributed by atoms with E-state index in [1.165, 1.54) is 7.11 Å². The molecule has 0 amide bonds. The first kappa shape index (κ1) is 10.2. The van der Waals surface area contributed by atoms with E-state index in [9.17, 15) is 4.79 Å². The Morgan fingerprint density at radius 2 is 2.27 bits per heavy atom. The summed E-state index contributed by atoms with van der Waals surface area (Å²) in [6.45, 7) is 5.80. The first-order valence-electron chi connectivity index (χ1n) is 5.16. The van der Waals surface area contributed by atoms with Gasteiger partial charge >= 0.3 is 5.97 Å². The second kappa shape index (κ2) is 2.85. The molecule has 0 N–H and O–H groups in total. The molecule has 2 saturated carbocycles. The van der Waals surface area contributed by atoms with Crippen molar-refractivity contribution in [3.63, 3.8) is 0 Å². The molecule has 3 atom stereocenters. The highest BCUT2D eigenvalue weighted by Crippen LogP contribution is 2.72. The molecule has 0 heterocycles. The molecule has 2 rings (SSSR count). The van der Waals surface area contributed by atoms with E-state index in [1.54, 1.807) is 0 Å². The maximum Gasteiger partial charge on any atom is 0.333 e. The lowest BCUT2D eigenvalue weighted by Crippen LogP contribution is -2.18. The minimum absolute atomic E-state index is 0.114. The summed E-state index contributed by atoms with van der Waals surface area (Å²) in [7, 11) is 1.37. The summed E-state index contributed by atoms with van der Waals surface area (Å²) in [6, 6.07) is 2.34. The van der Waals surface area contributed by atoms with Gasteiger partial charge in [0.15, 0.2) is 0 Å². The highest BCUT2D eigenvalue weighted by atomic mass is 16.5. The number of hydrogen-bond donors (Lipinski definition) is 0. The zero-order valence-corrected chi connectivity index (χ0v) is 9.17. The van der Waals surface area contributed by atoms with Crippen molar-refractivity contribution in [2.45, 2.75) is 26.2 Å². The van der Waals surface area contributed by atoms with Gasteiger partial charge in [-0.3, -0.25) is 0 Å². The van der Waals surface area contributed by atoms with Gasteiger partial charge in [0.05, 0.1) is 18.6 Å². The molecule has 3 unspecified atom stereocenters. The largest absolute Gasteiger partial charge is 0.466 e. The summed E-state index contributed by atoms with van der Waals surface area (Å²) >= 11 is 0. The van der Waals surface area contributed by atoms with E-state index in [-0.39, 0.29) is 16.8 Å². The van der Waals surface area contributed by atoms with Crippen molar-refractivity contribution in [2.24, 2.45) is 16.7 Å². The van der Waals surface area contributed by atoms with Crippen LogP contribution in [0, 0.1) is 28.1 Å². The quantitative estimate of drug-likeness (QED) is 0.512. The van der Waals surface area contributed by atoms with Crippen LogP contribution in [0.4, 0.5) is 0 Å². The Hall–Kier alpha value is -1.30. The Balaban J connectivity index is 2.17. The number of nitriles is 1. The molecular formula is C12H15NO2. The molecule has 0 aliphatic heterocycles. The molecular weight excluding hydrogens is 190 g/mol. The van der Waals surface area contributed by atoms with Crippen LogP contribution in [0.15, 0.2) is 12.2 Å². The lowest BCUT2D eigenvalue weighted by Gasteiger charge is -2.20. The number of fused-ring (bicyclic) bond motifs is 1. The first-order chi connectivity index (χ1) is 6.97. The molecule has 2 aliphatic rings. The molecule has 0 radical (unpaired) electrons. The molecule has 0 aromatic heterocycles. The number of methoxy groups -OCH3 is 1. The number of ether oxygens (including phenoxy) is 1. The monoisotopic (exact) mass is 205 g/mol. The summed E-state index contributed by atoms with van der Waals surface area (Å²) in [6.07, 6.45) is 2.65. The minimum Gasteiger partial charge on any atom is -0.466 e. The molecule has 3 heteroatoms. The van der Waals surface area contributed by atoms with Crippen molar-refractivity contribution >= 4 is 5.97 Å². The van der Waals surface area contributed by atoms with E-state index in [0.29, 0.717) is 11.5 Å². The fourth-order valence-electron chi connectivity index (χ4n) is 3.06. The molecule has 0 aromatic carbocycles. The Kier molecular flexibility index (Phi) is 1.94. The number of nitrogens with zero attached hydrogens (tertiary/aromatic N) is 1. The van der Waals surface area contributed by atoms with E-state index in [4.69, 9.17) is 10.00 Å². The van der Waals surface area contributed by atoms with Crippen molar-refractivity contribution in [1.29, 1.82) is 5.26 Å². The van der Waals surface area contributed by atoms with Gasteiger partial charge < -0.3 is 4.74 Å². The third-order valence-electron chi connectivity index (χ3n) is 3.94. The van der Waals surface area contributed by atoms with Gasteiger partial charge in [0, 0.05) is 11.0 Å². The van der Waals surface area contributed by atoms with Crippen molar-refractivity contribution in [1.82, 2.24) is 0 Å². The summed E-state index contributed by atoms with van der Waals surface area (Å²) < 4.78 is 4.70. The lowest BCUT2D eigenvalue weighted by atomic mass is 9.82. The van der Waals surface area contributed by atoms with Crippen LogP contribution in [0.2, 0.25) is 0 Å². The minimum atomic E-state index is -0.320. The third kappa shape index (κ3) is 1.28. The van der Waals surface area contributed by atoms with Gasteiger partial charge in [0.1, 0.15) is 0 Å². The third-order valence-corrected chi connectivity index (χ3v) is 3.94. The molecule has 2 aliphatic carbocycles. The van der Waals surface area contributed by atoms with Gasteiger partial charge in [-0.25, -0.2) is 4.79 Å². The van der Waals surface area contributed by atoms with Crippen LogP contribution in [0.1, 0.15) is 26.2 Å². The molecule has 0 spiro atoms. The second-order valence-electron chi connectivity index (χ2n) is 5.08. The molecule has 3 nitrogen and oxygen atoms in total. The van der Waals surface area contributed by atoms with Crippen LogP contribution in [-0.2, 0) is 9.53 Å². The number of carbonyl (C=O) groups excluding carboxylic acids is 1. The Morgan fingerprint density at radius 3 is 2.73 bits per heavy atom. The summed E-state index contributed by atoms with van der Waals surface area (Å²) in [4.78, 5) is 11.4. The Bertz CT molecular complexity index is 382. The Morgan fingerprint density at radius 1 is 1.60 bits per heavy atom. The van der Waals surface area contributed by atoms with Gasteiger partial charge in [-0.1, -0.05) is 6.58 Å². The van der Waals surface area contributed by atoms with Gasteiger partial charge in [-0.15, -0.1) is 0 Å². The highest BCUT2D eigenvalue weighted by Gasteiger charge is 2.66. The predicted octanol–water partition coefficient (Wildman–Crippen LogP) is 2.05. The first-order valence-corrected chi connectivity index (χ1v) is 5.16. The van der Waals surface area contributed by atoms with Crippen LogP contribution in [-0.4, -0.2) is 13.1 Å².